The van der Waals surface area contributed by atoms with Crippen LogP contribution in [0.5, 0.6) is 11.5 Å². The van der Waals surface area contributed by atoms with E-state index in [-0.39, 0.29) is 16.8 Å². The van der Waals surface area contributed by atoms with E-state index in [4.69, 9.17) is 25.5 Å². The van der Waals surface area contributed by atoms with Crippen molar-refractivity contribution in [2.24, 2.45) is 0 Å². The van der Waals surface area contributed by atoms with Crippen molar-refractivity contribution in [3.05, 3.63) is 92.4 Å². The zero-order chi connectivity index (χ0) is 23.3. The molecule has 7 nitrogen and oxygen atoms in total. The SMILES string of the molecule is COc1cccc(C2c3c(oc4cc(C)c(Cl)cc4c3=O)C(=O)N2c2ccccn2)c1OC. The molecule has 2 aromatic carbocycles. The summed E-state index contributed by atoms with van der Waals surface area (Å²) in [6.07, 6.45) is 1.58. The minimum atomic E-state index is -0.840. The molecule has 0 fully saturated rings. The predicted molar refractivity (Wildman–Crippen MR) is 125 cm³/mol. The number of fused-ring (bicyclic) bond motifs is 2. The quantitative estimate of drug-likeness (QED) is 0.428. The molecule has 0 bridgehead atoms. The highest BCUT2D eigenvalue weighted by Gasteiger charge is 2.45. The Bertz CT molecular complexity index is 1470. The van der Waals surface area contributed by atoms with Gasteiger partial charge in [0.2, 0.25) is 5.76 Å². The second-order valence-corrected chi connectivity index (χ2v) is 8.03. The lowest BCUT2D eigenvalue weighted by atomic mass is 9.97. The van der Waals surface area contributed by atoms with Gasteiger partial charge in [0.05, 0.1) is 25.2 Å². The third-order valence-electron chi connectivity index (χ3n) is 5.78. The first kappa shape index (κ1) is 21.0. The van der Waals surface area contributed by atoms with Gasteiger partial charge in [0.15, 0.2) is 16.9 Å². The Morgan fingerprint density at radius 3 is 2.58 bits per heavy atom. The number of aromatic nitrogens is 1. The third kappa shape index (κ3) is 3.15. The molecule has 3 heterocycles. The molecule has 8 heteroatoms. The monoisotopic (exact) mass is 462 g/mol. The molecule has 166 valence electrons. The summed E-state index contributed by atoms with van der Waals surface area (Å²) in [4.78, 5) is 33.2. The van der Waals surface area contributed by atoms with Gasteiger partial charge in [-0.3, -0.25) is 14.5 Å². The second-order valence-electron chi connectivity index (χ2n) is 7.62. The van der Waals surface area contributed by atoms with E-state index in [2.05, 4.69) is 4.98 Å². The van der Waals surface area contributed by atoms with Crippen LogP contribution in [0.3, 0.4) is 0 Å². The number of anilines is 1. The van der Waals surface area contributed by atoms with E-state index in [0.717, 1.165) is 5.56 Å². The molecule has 33 heavy (non-hydrogen) atoms. The highest BCUT2D eigenvalue weighted by atomic mass is 35.5. The van der Waals surface area contributed by atoms with Crippen LogP contribution in [0.1, 0.15) is 33.3 Å². The molecule has 1 aliphatic heterocycles. The van der Waals surface area contributed by atoms with E-state index in [1.807, 2.05) is 0 Å². The molecule has 0 aliphatic carbocycles. The van der Waals surface area contributed by atoms with Crippen LogP contribution >= 0.6 is 11.6 Å². The van der Waals surface area contributed by atoms with Crippen LogP contribution in [0.4, 0.5) is 5.82 Å². The lowest BCUT2D eigenvalue weighted by molar-refractivity contribution is 0.0970. The van der Waals surface area contributed by atoms with Crippen molar-refractivity contribution in [2.45, 2.75) is 13.0 Å². The van der Waals surface area contributed by atoms with Gasteiger partial charge in [0, 0.05) is 16.8 Å². The average Bonchev–Trinajstić information content (AvgIpc) is 3.12. The molecular weight excluding hydrogens is 444 g/mol. The highest BCUT2D eigenvalue weighted by Crippen LogP contribution is 2.46. The van der Waals surface area contributed by atoms with Gasteiger partial charge < -0.3 is 13.9 Å². The Hall–Kier alpha value is -3.84. The average molecular weight is 463 g/mol. The number of rotatable bonds is 4. The number of para-hydroxylation sites is 1. The van der Waals surface area contributed by atoms with Crippen molar-refractivity contribution < 1.29 is 18.7 Å². The number of amides is 1. The standard InChI is InChI=1S/C25H19ClN2O5/c1-13-11-18-15(12-16(13)26)22(29)20-21(14-7-6-8-17(31-2)23(14)32-3)28(25(30)24(20)33-18)19-9-4-5-10-27-19/h4-12,21H,1-3H3. The fourth-order valence-electron chi connectivity index (χ4n) is 4.25. The van der Waals surface area contributed by atoms with Gasteiger partial charge in [0.25, 0.3) is 5.91 Å². The molecule has 0 N–H and O–H groups in total. The van der Waals surface area contributed by atoms with E-state index in [9.17, 15) is 9.59 Å². The molecule has 1 unspecified atom stereocenters. The molecule has 0 saturated carbocycles. The lowest BCUT2D eigenvalue weighted by Crippen LogP contribution is -2.30. The number of pyridine rings is 1. The summed E-state index contributed by atoms with van der Waals surface area (Å²) in [7, 11) is 3.04. The van der Waals surface area contributed by atoms with E-state index < -0.39 is 11.9 Å². The number of hydrogen-bond acceptors (Lipinski definition) is 6. The van der Waals surface area contributed by atoms with E-state index in [0.29, 0.717) is 38.9 Å². The number of benzene rings is 2. The first-order chi connectivity index (χ1) is 16.0. The Morgan fingerprint density at radius 2 is 1.88 bits per heavy atom. The summed E-state index contributed by atoms with van der Waals surface area (Å²) in [5.74, 6) is 0.759. The Labute approximate surface area is 194 Å². The predicted octanol–water partition coefficient (Wildman–Crippen LogP) is 4.92. The number of carbonyl (C=O) groups excluding carboxylic acids is 1. The van der Waals surface area contributed by atoms with Gasteiger partial charge in [-0.1, -0.05) is 29.8 Å². The Kier molecular flexibility index (Phi) is 5.06. The topological polar surface area (TPSA) is 81.9 Å². The normalized spacial score (nSPS) is 15.1. The summed E-state index contributed by atoms with van der Waals surface area (Å²) in [5.41, 5.74) is 1.47. The van der Waals surface area contributed by atoms with Crippen LogP contribution in [0.2, 0.25) is 5.02 Å². The molecule has 2 aromatic heterocycles. The summed E-state index contributed by atoms with van der Waals surface area (Å²) < 4.78 is 17.1. The highest BCUT2D eigenvalue weighted by molar-refractivity contribution is 6.32. The van der Waals surface area contributed by atoms with Crippen LogP contribution in [0.15, 0.2) is 63.9 Å². The van der Waals surface area contributed by atoms with Crippen molar-refractivity contribution in [2.75, 3.05) is 19.1 Å². The zero-order valence-electron chi connectivity index (χ0n) is 18.1. The molecule has 1 atom stereocenters. The molecule has 5 rings (SSSR count). The minimum Gasteiger partial charge on any atom is -0.493 e. The Balaban J connectivity index is 1.87. The Morgan fingerprint density at radius 1 is 1.06 bits per heavy atom. The first-order valence-electron chi connectivity index (χ1n) is 10.2. The smallest absolute Gasteiger partial charge is 0.296 e. The van der Waals surface area contributed by atoms with Gasteiger partial charge in [0.1, 0.15) is 17.4 Å². The lowest BCUT2D eigenvalue weighted by Gasteiger charge is -2.26. The number of carbonyl (C=O) groups is 1. The summed E-state index contributed by atoms with van der Waals surface area (Å²) >= 11 is 6.30. The summed E-state index contributed by atoms with van der Waals surface area (Å²) in [6, 6.07) is 12.9. The molecule has 1 aliphatic rings. The van der Waals surface area contributed by atoms with Crippen molar-refractivity contribution in [1.29, 1.82) is 0 Å². The summed E-state index contributed by atoms with van der Waals surface area (Å²) in [5, 5.41) is 0.739. The zero-order valence-corrected chi connectivity index (χ0v) is 18.8. The molecule has 1 amide bonds. The summed E-state index contributed by atoms with van der Waals surface area (Å²) in [6.45, 7) is 1.81. The van der Waals surface area contributed by atoms with E-state index >= 15 is 0 Å². The fourth-order valence-corrected chi connectivity index (χ4v) is 4.41. The maximum absolute atomic E-state index is 13.8. The van der Waals surface area contributed by atoms with Crippen molar-refractivity contribution in [3.8, 4) is 11.5 Å². The van der Waals surface area contributed by atoms with Crippen LogP contribution < -0.4 is 19.8 Å². The van der Waals surface area contributed by atoms with Gasteiger partial charge >= 0.3 is 0 Å². The molecule has 0 spiro atoms. The number of methoxy groups -OCH3 is 2. The number of nitrogens with zero attached hydrogens (tertiary/aromatic N) is 2. The van der Waals surface area contributed by atoms with Crippen LogP contribution in [-0.2, 0) is 0 Å². The third-order valence-corrected chi connectivity index (χ3v) is 6.18. The second kappa shape index (κ2) is 7.94. The van der Waals surface area contributed by atoms with Crippen LogP contribution in [0, 0.1) is 6.92 Å². The van der Waals surface area contributed by atoms with E-state index in [1.165, 1.54) is 19.1 Å². The fraction of sp³-hybridized carbons (Fsp3) is 0.160. The van der Waals surface area contributed by atoms with Crippen LogP contribution in [-0.4, -0.2) is 25.1 Å². The molecule has 0 radical (unpaired) electrons. The number of ether oxygens (including phenoxy) is 2. The van der Waals surface area contributed by atoms with Gasteiger partial charge in [-0.2, -0.15) is 0 Å². The number of aryl methyl sites for hydroxylation is 1. The maximum Gasteiger partial charge on any atom is 0.296 e. The maximum atomic E-state index is 13.8. The van der Waals surface area contributed by atoms with Crippen molar-refractivity contribution in [1.82, 2.24) is 4.98 Å². The van der Waals surface area contributed by atoms with Gasteiger partial charge in [-0.25, -0.2) is 4.98 Å². The van der Waals surface area contributed by atoms with Gasteiger partial charge in [-0.05, 0) is 42.8 Å². The first-order valence-corrected chi connectivity index (χ1v) is 10.6. The molecule has 0 saturated heterocycles. The van der Waals surface area contributed by atoms with Crippen LogP contribution in [0.25, 0.3) is 11.0 Å². The molecule has 4 aromatic rings. The largest absolute Gasteiger partial charge is 0.493 e. The number of halogens is 1. The van der Waals surface area contributed by atoms with Gasteiger partial charge in [-0.15, -0.1) is 0 Å². The van der Waals surface area contributed by atoms with E-state index in [1.54, 1.807) is 61.7 Å². The van der Waals surface area contributed by atoms with Crippen molar-refractivity contribution >= 4 is 34.3 Å². The molecular formula is C25H19ClN2O5. The van der Waals surface area contributed by atoms with Crippen molar-refractivity contribution in [3.63, 3.8) is 0 Å². The number of hydrogen-bond donors (Lipinski definition) is 0. The minimum absolute atomic E-state index is 0.0326.